The number of amides is 1. The Morgan fingerprint density at radius 2 is 2.00 bits per heavy atom. The van der Waals surface area contributed by atoms with Gasteiger partial charge >= 0.3 is 0 Å². The van der Waals surface area contributed by atoms with Gasteiger partial charge in [0.1, 0.15) is 10.1 Å². The summed E-state index contributed by atoms with van der Waals surface area (Å²) in [6.45, 7) is 1.82. The van der Waals surface area contributed by atoms with Crippen molar-refractivity contribution in [2.45, 2.75) is 17.0 Å². The maximum Gasteiger partial charge on any atom is 0.291 e. The van der Waals surface area contributed by atoms with Gasteiger partial charge < -0.3 is 9.73 Å². The number of carbonyl (C=O) groups is 1. The molecule has 0 aliphatic rings. The summed E-state index contributed by atoms with van der Waals surface area (Å²) < 4.78 is 5.88. The van der Waals surface area contributed by atoms with Gasteiger partial charge in [-0.05, 0) is 53.2 Å². The molecule has 0 aromatic carbocycles. The summed E-state index contributed by atoms with van der Waals surface area (Å²) >= 11 is 4.65. The summed E-state index contributed by atoms with van der Waals surface area (Å²) in [5.41, 5.74) is 1.42. The highest BCUT2D eigenvalue weighted by Gasteiger charge is 2.15. The fourth-order valence-electron chi connectivity index (χ4n) is 1.91. The zero-order valence-corrected chi connectivity index (χ0v) is 14.5. The van der Waals surface area contributed by atoms with Gasteiger partial charge in [0.2, 0.25) is 0 Å². The zero-order chi connectivity index (χ0) is 16.2. The number of hydrogen-bond donors (Lipinski definition) is 1. The fraction of sp³-hybridized carbons (Fsp3) is 0.0625. The van der Waals surface area contributed by atoms with Crippen LogP contribution in [0.25, 0.3) is 0 Å². The number of pyridine rings is 2. The average molecular weight is 390 g/mol. The predicted octanol–water partition coefficient (Wildman–Crippen LogP) is 4.54. The Kier molecular flexibility index (Phi) is 4.78. The van der Waals surface area contributed by atoms with Crippen molar-refractivity contribution in [2.75, 3.05) is 5.32 Å². The Labute approximate surface area is 145 Å². The quantitative estimate of drug-likeness (QED) is 0.708. The molecule has 0 radical (unpaired) electrons. The van der Waals surface area contributed by atoms with E-state index in [2.05, 4.69) is 31.2 Å². The van der Waals surface area contributed by atoms with Crippen molar-refractivity contribution in [3.63, 3.8) is 0 Å². The smallest absolute Gasteiger partial charge is 0.291 e. The van der Waals surface area contributed by atoms with Crippen LogP contribution >= 0.6 is 27.7 Å². The largest absolute Gasteiger partial charge is 0.444 e. The van der Waals surface area contributed by atoms with E-state index in [0.29, 0.717) is 10.4 Å². The van der Waals surface area contributed by atoms with Gasteiger partial charge in [-0.15, -0.1) is 0 Å². The van der Waals surface area contributed by atoms with Gasteiger partial charge in [-0.25, -0.2) is 9.97 Å². The lowest BCUT2D eigenvalue weighted by atomic mass is 10.2. The SMILES string of the molecule is Cc1cc(Br)oc1C(=O)Nc1ccnc(Sc2ccccn2)c1. The van der Waals surface area contributed by atoms with Crippen LogP contribution in [0, 0.1) is 6.92 Å². The van der Waals surface area contributed by atoms with Crippen molar-refractivity contribution >= 4 is 39.3 Å². The van der Waals surface area contributed by atoms with Crippen molar-refractivity contribution in [1.29, 1.82) is 0 Å². The molecule has 3 heterocycles. The minimum Gasteiger partial charge on any atom is -0.444 e. The molecule has 3 aromatic rings. The summed E-state index contributed by atoms with van der Waals surface area (Å²) in [6, 6.07) is 11.0. The highest BCUT2D eigenvalue weighted by molar-refractivity contribution is 9.10. The molecule has 0 saturated carbocycles. The van der Waals surface area contributed by atoms with E-state index in [-0.39, 0.29) is 11.7 Å². The number of furan rings is 1. The first-order chi connectivity index (χ1) is 11.1. The van der Waals surface area contributed by atoms with E-state index in [4.69, 9.17) is 4.42 Å². The Morgan fingerprint density at radius 3 is 2.70 bits per heavy atom. The Balaban J connectivity index is 1.75. The standard InChI is InChI=1S/C16H12BrN3O2S/c1-10-8-12(17)22-15(10)16(21)20-11-5-7-19-14(9-11)23-13-4-2-3-6-18-13/h2-9H,1H3,(H,19,20,21). The third-order valence-corrected chi connectivity index (χ3v) is 4.21. The van der Waals surface area contributed by atoms with Crippen LogP contribution in [-0.2, 0) is 0 Å². The minimum atomic E-state index is -0.298. The molecule has 7 heteroatoms. The summed E-state index contributed by atoms with van der Waals surface area (Å²) in [4.78, 5) is 20.8. The van der Waals surface area contributed by atoms with E-state index >= 15 is 0 Å². The second-order valence-electron chi connectivity index (χ2n) is 4.67. The highest BCUT2D eigenvalue weighted by atomic mass is 79.9. The van der Waals surface area contributed by atoms with Gasteiger partial charge in [-0.1, -0.05) is 17.8 Å². The number of halogens is 1. The van der Waals surface area contributed by atoms with Crippen LogP contribution in [-0.4, -0.2) is 15.9 Å². The number of aryl methyl sites for hydroxylation is 1. The van der Waals surface area contributed by atoms with E-state index in [1.807, 2.05) is 25.1 Å². The van der Waals surface area contributed by atoms with Crippen molar-refractivity contribution in [3.8, 4) is 0 Å². The summed E-state index contributed by atoms with van der Waals surface area (Å²) in [7, 11) is 0. The summed E-state index contributed by atoms with van der Waals surface area (Å²) in [5, 5.41) is 4.40. The number of nitrogens with zero attached hydrogens (tertiary/aromatic N) is 2. The lowest BCUT2D eigenvalue weighted by Gasteiger charge is -2.06. The molecule has 0 fully saturated rings. The van der Waals surface area contributed by atoms with Gasteiger partial charge in [0, 0.05) is 23.6 Å². The molecule has 0 unspecified atom stereocenters. The highest BCUT2D eigenvalue weighted by Crippen LogP contribution is 2.26. The minimum absolute atomic E-state index is 0.285. The van der Waals surface area contributed by atoms with Gasteiger partial charge in [-0.3, -0.25) is 4.79 Å². The number of aromatic nitrogens is 2. The predicted molar refractivity (Wildman–Crippen MR) is 91.7 cm³/mol. The van der Waals surface area contributed by atoms with Crippen LogP contribution in [0.4, 0.5) is 5.69 Å². The van der Waals surface area contributed by atoms with Crippen molar-refractivity contribution in [1.82, 2.24) is 9.97 Å². The van der Waals surface area contributed by atoms with Crippen molar-refractivity contribution in [2.24, 2.45) is 0 Å². The van der Waals surface area contributed by atoms with Crippen molar-refractivity contribution < 1.29 is 9.21 Å². The van der Waals surface area contributed by atoms with E-state index in [0.717, 1.165) is 15.6 Å². The van der Waals surface area contributed by atoms with Crippen LogP contribution in [0.15, 0.2) is 67.9 Å². The average Bonchev–Trinajstić information content (AvgIpc) is 2.87. The monoisotopic (exact) mass is 389 g/mol. The molecule has 116 valence electrons. The van der Waals surface area contributed by atoms with Crippen LogP contribution in [0.3, 0.4) is 0 Å². The van der Waals surface area contributed by atoms with E-state index in [1.54, 1.807) is 30.6 Å². The Morgan fingerprint density at radius 1 is 1.17 bits per heavy atom. The number of anilines is 1. The fourth-order valence-corrected chi connectivity index (χ4v) is 3.19. The lowest BCUT2D eigenvalue weighted by Crippen LogP contribution is -2.12. The number of rotatable bonds is 4. The van der Waals surface area contributed by atoms with Gasteiger partial charge in [0.25, 0.3) is 5.91 Å². The molecule has 0 saturated heterocycles. The molecule has 23 heavy (non-hydrogen) atoms. The molecule has 5 nitrogen and oxygen atoms in total. The molecular formula is C16H12BrN3O2S. The normalized spacial score (nSPS) is 10.5. The molecule has 0 aliphatic heterocycles. The third-order valence-electron chi connectivity index (χ3n) is 2.93. The van der Waals surface area contributed by atoms with E-state index in [1.165, 1.54) is 11.8 Å². The molecule has 1 N–H and O–H groups in total. The Bertz CT molecular complexity index is 836. The molecule has 0 bridgehead atoms. The topological polar surface area (TPSA) is 68.0 Å². The number of nitrogens with one attached hydrogen (secondary N) is 1. The van der Waals surface area contributed by atoms with Crippen LogP contribution in [0.2, 0.25) is 0 Å². The van der Waals surface area contributed by atoms with Crippen LogP contribution in [0.1, 0.15) is 16.1 Å². The second-order valence-corrected chi connectivity index (χ2v) is 6.49. The molecule has 1 amide bonds. The first kappa shape index (κ1) is 15.8. The molecule has 0 spiro atoms. The molecule has 0 aliphatic carbocycles. The maximum absolute atomic E-state index is 12.3. The first-order valence-corrected chi connectivity index (χ1v) is 8.35. The Hall–Kier alpha value is -2.12. The van der Waals surface area contributed by atoms with Crippen molar-refractivity contribution in [3.05, 3.63) is 64.8 Å². The number of hydrogen-bond acceptors (Lipinski definition) is 5. The van der Waals surface area contributed by atoms with Crippen LogP contribution in [0.5, 0.6) is 0 Å². The zero-order valence-electron chi connectivity index (χ0n) is 12.1. The second kappa shape index (κ2) is 6.97. The summed E-state index contributed by atoms with van der Waals surface area (Å²) in [6.07, 6.45) is 3.37. The lowest BCUT2D eigenvalue weighted by molar-refractivity contribution is 0.0994. The molecule has 3 aromatic heterocycles. The number of carbonyl (C=O) groups excluding carboxylic acids is 1. The molecular weight excluding hydrogens is 378 g/mol. The van der Waals surface area contributed by atoms with Gasteiger partial charge in [-0.2, -0.15) is 0 Å². The van der Waals surface area contributed by atoms with Gasteiger partial charge in [0.15, 0.2) is 10.4 Å². The van der Waals surface area contributed by atoms with Crippen LogP contribution < -0.4 is 5.32 Å². The molecule has 3 rings (SSSR count). The van der Waals surface area contributed by atoms with E-state index < -0.39 is 0 Å². The first-order valence-electron chi connectivity index (χ1n) is 6.74. The third kappa shape index (κ3) is 4.00. The van der Waals surface area contributed by atoms with E-state index in [9.17, 15) is 4.79 Å². The maximum atomic E-state index is 12.3. The summed E-state index contributed by atoms with van der Waals surface area (Å²) in [5.74, 6) is -0.0131. The molecule has 0 atom stereocenters. The van der Waals surface area contributed by atoms with Gasteiger partial charge in [0.05, 0.1) is 0 Å².